The number of pyridine rings is 1. The SMILES string of the molecule is CCOc1ccc(OCC(=O)N2CCC[C@H](c3nnc4ccccn34)C2)cc1. The minimum atomic E-state index is -0.00703. The summed E-state index contributed by atoms with van der Waals surface area (Å²) in [5.41, 5.74) is 0.833. The molecule has 1 aliphatic rings. The largest absolute Gasteiger partial charge is 0.494 e. The monoisotopic (exact) mass is 380 g/mol. The number of hydrogen-bond acceptors (Lipinski definition) is 5. The Kier molecular flexibility index (Phi) is 5.41. The quantitative estimate of drug-likeness (QED) is 0.658. The number of aromatic nitrogens is 3. The molecule has 0 unspecified atom stereocenters. The van der Waals surface area contributed by atoms with Crippen molar-refractivity contribution in [2.45, 2.75) is 25.7 Å². The highest BCUT2D eigenvalue weighted by Gasteiger charge is 2.28. The molecule has 7 nitrogen and oxygen atoms in total. The third kappa shape index (κ3) is 3.93. The first-order chi connectivity index (χ1) is 13.7. The van der Waals surface area contributed by atoms with Crippen molar-refractivity contribution < 1.29 is 14.3 Å². The first-order valence-corrected chi connectivity index (χ1v) is 9.67. The van der Waals surface area contributed by atoms with E-state index in [9.17, 15) is 4.79 Å². The lowest BCUT2D eigenvalue weighted by atomic mass is 9.97. The second-order valence-electron chi connectivity index (χ2n) is 6.86. The van der Waals surface area contributed by atoms with Crippen LogP contribution in [0.2, 0.25) is 0 Å². The lowest BCUT2D eigenvalue weighted by Gasteiger charge is -2.31. The Balaban J connectivity index is 1.36. The van der Waals surface area contributed by atoms with Crippen molar-refractivity contribution in [3.8, 4) is 11.5 Å². The molecule has 1 aromatic carbocycles. The summed E-state index contributed by atoms with van der Waals surface area (Å²) in [7, 11) is 0. The average molecular weight is 380 g/mol. The normalized spacial score (nSPS) is 16.9. The molecule has 146 valence electrons. The van der Waals surface area contributed by atoms with Gasteiger partial charge in [-0.3, -0.25) is 9.20 Å². The number of carbonyl (C=O) groups excluding carboxylic acids is 1. The van der Waals surface area contributed by atoms with E-state index in [1.807, 2.05) is 64.9 Å². The maximum atomic E-state index is 12.7. The molecule has 2 aromatic heterocycles. The van der Waals surface area contributed by atoms with Crippen LogP contribution in [0, 0.1) is 0 Å². The van der Waals surface area contributed by atoms with Crippen molar-refractivity contribution in [2.24, 2.45) is 0 Å². The average Bonchev–Trinajstić information content (AvgIpc) is 3.17. The molecule has 28 heavy (non-hydrogen) atoms. The van der Waals surface area contributed by atoms with Crippen LogP contribution in [0.5, 0.6) is 11.5 Å². The van der Waals surface area contributed by atoms with Crippen LogP contribution in [0.15, 0.2) is 48.7 Å². The number of benzene rings is 1. The zero-order chi connectivity index (χ0) is 19.3. The third-order valence-corrected chi connectivity index (χ3v) is 4.98. The van der Waals surface area contributed by atoms with Gasteiger partial charge in [0.25, 0.3) is 5.91 Å². The smallest absolute Gasteiger partial charge is 0.260 e. The number of carbonyl (C=O) groups is 1. The van der Waals surface area contributed by atoms with E-state index in [4.69, 9.17) is 9.47 Å². The molecule has 0 aliphatic carbocycles. The minimum absolute atomic E-state index is 0.00703. The predicted octanol–water partition coefficient (Wildman–Crippen LogP) is 2.91. The van der Waals surface area contributed by atoms with Crippen LogP contribution in [0.1, 0.15) is 31.5 Å². The zero-order valence-electron chi connectivity index (χ0n) is 16.0. The fourth-order valence-electron chi connectivity index (χ4n) is 3.59. The van der Waals surface area contributed by atoms with E-state index in [-0.39, 0.29) is 18.4 Å². The van der Waals surface area contributed by atoms with E-state index in [2.05, 4.69) is 10.2 Å². The summed E-state index contributed by atoms with van der Waals surface area (Å²) in [4.78, 5) is 14.5. The Labute approximate surface area is 163 Å². The first kappa shape index (κ1) is 18.3. The van der Waals surface area contributed by atoms with Crippen LogP contribution in [0.3, 0.4) is 0 Å². The Bertz CT molecular complexity index is 938. The second-order valence-corrected chi connectivity index (χ2v) is 6.86. The van der Waals surface area contributed by atoms with Crippen molar-refractivity contribution in [3.05, 3.63) is 54.5 Å². The van der Waals surface area contributed by atoms with E-state index < -0.39 is 0 Å². The Morgan fingerprint density at radius 1 is 1.11 bits per heavy atom. The molecule has 0 N–H and O–H groups in total. The molecule has 4 rings (SSSR count). The fourth-order valence-corrected chi connectivity index (χ4v) is 3.59. The molecule has 3 heterocycles. The number of fused-ring (bicyclic) bond motifs is 1. The van der Waals surface area contributed by atoms with Crippen LogP contribution in [-0.4, -0.2) is 51.7 Å². The zero-order valence-corrected chi connectivity index (χ0v) is 16.0. The van der Waals surface area contributed by atoms with E-state index in [0.717, 1.165) is 36.6 Å². The van der Waals surface area contributed by atoms with Gasteiger partial charge in [0.2, 0.25) is 0 Å². The van der Waals surface area contributed by atoms with Gasteiger partial charge in [-0.15, -0.1) is 10.2 Å². The number of likely N-dealkylation sites (tertiary alicyclic amines) is 1. The molecule has 0 radical (unpaired) electrons. The summed E-state index contributed by atoms with van der Waals surface area (Å²) in [6, 6.07) is 13.2. The van der Waals surface area contributed by atoms with Gasteiger partial charge < -0.3 is 14.4 Å². The Hall–Kier alpha value is -3.09. The molecule has 1 amide bonds. The van der Waals surface area contributed by atoms with Crippen molar-refractivity contribution in [3.63, 3.8) is 0 Å². The molecule has 7 heteroatoms. The van der Waals surface area contributed by atoms with Gasteiger partial charge in [0.1, 0.15) is 17.3 Å². The summed E-state index contributed by atoms with van der Waals surface area (Å²) in [6.45, 7) is 3.98. The lowest BCUT2D eigenvalue weighted by Crippen LogP contribution is -2.42. The maximum absolute atomic E-state index is 12.7. The summed E-state index contributed by atoms with van der Waals surface area (Å²) in [5, 5.41) is 8.60. The number of nitrogens with zero attached hydrogens (tertiary/aromatic N) is 4. The topological polar surface area (TPSA) is 69.0 Å². The van der Waals surface area contributed by atoms with Gasteiger partial charge in [-0.2, -0.15) is 0 Å². The minimum Gasteiger partial charge on any atom is -0.494 e. The fraction of sp³-hybridized carbons (Fsp3) is 0.381. The van der Waals surface area contributed by atoms with Crippen molar-refractivity contribution in [2.75, 3.05) is 26.3 Å². The summed E-state index contributed by atoms with van der Waals surface area (Å²) in [5.74, 6) is 2.54. The number of piperidine rings is 1. The van der Waals surface area contributed by atoms with Gasteiger partial charge in [-0.05, 0) is 56.2 Å². The Morgan fingerprint density at radius 2 is 1.89 bits per heavy atom. The van der Waals surface area contributed by atoms with Gasteiger partial charge in [0.05, 0.1) is 6.61 Å². The third-order valence-electron chi connectivity index (χ3n) is 4.98. The first-order valence-electron chi connectivity index (χ1n) is 9.67. The molecule has 3 aromatic rings. The molecule has 1 atom stereocenters. The molecule has 0 bridgehead atoms. The molecule has 1 fully saturated rings. The number of hydrogen-bond donors (Lipinski definition) is 0. The lowest BCUT2D eigenvalue weighted by molar-refractivity contribution is -0.134. The van der Waals surface area contributed by atoms with Crippen molar-refractivity contribution in [1.82, 2.24) is 19.5 Å². The molecular weight excluding hydrogens is 356 g/mol. The van der Waals surface area contributed by atoms with Crippen LogP contribution in [0.25, 0.3) is 5.65 Å². The highest BCUT2D eigenvalue weighted by molar-refractivity contribution is 5.78. The molecule has 0 saturated carbocycles. The Morgan fingerprint density at radius 3 is 2.68 bits per heavy atom. The van der Waals surface area contributed by atoms with Gasteiger partial charge in [0.15, 0.2) is 12.3 Å². The van der Waals surface area contributed by atoms with Crippen LogP contribution < -0.4 is 9.47 Å². The van der Waals surface area contributed by atoms with Gasteiger partial charge in [-0.1, -0.05) is 6.07 Å². The van der Waals surface area contributed by atoms with Gasteiger partial charge >= 0.3 is 0 Å². The van der Waals surface area contributed by atoms with Gasteiger partial charge in [0, 0.05) is 25.2 Å². The molecule has 0 spiro atoms. The second kappa shape index (κ2) is 8.29. The summed E-state index contributed by atoms with van der Waals surface area (Å²) < 4.78 is 13.1. The molecular formula is C21H24N4O3. The highest BCUT2D eigenvalue weighted by Crippen LogP contribution is 2.26. The van der Waals surface area contributed by atoms with Crippen molar-refractivity contribution in [1.29, 1.82) is 0 Å². The number of amides is 1. The van der Waals surface area contributed by atoms with Crippen molar-refractivity contribution >= 4 is 11.6 Å². The molecule has 1 aliphatic heterocycles. The predicted molar refractivity (Wildman–Crippen MR) is 105 cm³/mol. The van der Waals surface area contributed by atoms with E-state index in [1.165, 1.54) is 0 Å². The van der Waals surface area contributed by atoms with Crippen LogP contribution >= 0.6 is 0 Å². The van der Waals surface area contributed by atoms with E-state index in [1.54, 1.807) is 0 Å². The van der Waals surface area contributed by atoms with E-state index >= 15 is 0 Å². The standard InChI is InChI=1S/C21H24N4O3/c1-2-27-17-8-10-18(11-9-17)28-15-20(26)24-12-5-6-16(14-24)21-23-22-19-7-3-4-13-25(19)21/h3-4,7-11,13,16H,2,5-6,12,14-15H2,1H3/t16-/m0/s1. The number of ether oxygens (including phenoxy) is 2. The van der Waals surface area contributed by atoms with Crippen LogP contribution in [-0.2, 0) is 4.79 Å². The highest BCUT2D eigenvalue weighted by atomic mass is 16.5. The van der Waals surface area contributed by atoms with E-state index in [0.29, 0.717) is 18.9 Å². The maximum Gasteiger partial charge on any atom is 0.260 e. The van der Waals surface area contributed by atoms with Crippen LogP contribution in [0.4, 0.5) is 0 Å². The summed E-state index contributed by atoms with van der Waals surface area (Å²) in [6.07, 6.45) is 3.92. The molecule has 1 saturated heterocycles. The summed E-state index contributed by atoms with van der Waals surface area (Å²) >= 11 is 0. The number of rotatable bonds is 6. The van der Waals surface area contributed by atoms with Gasteiger partial charge in [-0.25, -0.2) is 0 Å².